The van der Waals surface area contributed by atoms with Crippen molar-refractivity contribution in [2.75, 3.05) is 20.7 Å². The van der Waals surface area contributed by atoms with Gasteiger partial charge in [0.1, 0.15) is 11.5 Å². The SMILES string of the molecule is CCCCC(=O)CC[C@]1(C)C2Cc3ccc(OC)cc3[C@@]1(C)CCN2C. The number of ketones is 1. The topological polar surface area (TPSA) is 29.5 Å². The number of unbranched alkanes of at least 4 members (excludes halogenated alkanes) is 1. The second-order valence-electron chi connectivity index (χ2n) is 8.87. The quantitative estimate of drug-likeness (QED) is 0.705. The van der Waals surface area contributed by atoms with E-state index in [4.69, 9.17) is 4.74 Å². The van der Waals surface area contributed by atoms with Gasteiger partial charge in [-0.05, 0) is 68.0 Å². The van der Waals surface area contributed by atoms with Crippen molar-refractivity contribution in [1.82, 2.24) is 4.90 Å². The zero-order chi connectivity index (χ0) is 18.9. The van der Waals surface area contributed by atoms with Crippen molar-refractivity contribution in [1.29, 1.82) is 0 Å². The Bertz CT molecular complexity index is 670. The van der Waals surface area contributed by atoms with Crippen molar-refractivity contribution in [2.45, 2.75) is 77.2 Å². The Kier molecular flexibility index (Phi) is 5.48. The monoisotopic (exact) mass is 357 g/mol. The number of Topliss-reactive ketones (excluding diaryl/α,β-unsaturated/α-hetero) is 1. The summed E-state index contributed by atoms with van der Waals surface area (Å²) in [6.07, 6.45) is 6.78. The molecule has 1 aromatic carbocycles. The van der Waals surface area contributed by atoms with E-state index in [0.29, 0.717) is 11.8 Å². The van der Waals surface area contributed by atoms with Crippen LogP contribution in [0.2, 0.25) is 0 Å². The van der Waals surface area contributed by atoms with Gasteiger partial charge in [-0.15, -0.1) is 0 Å². The summed E-state index contributed by atoms with van der Waals surface area (Å²) in [5, 5.41) is 0. The van der Waals surface area contributed by atoms with Crippen molar-refractivity contribution < 1.29 is 9.53 Å². The predicted molar refractivity (Wildman–Crippen MR) is 107 cm³/mol. The lowest BCUT2D eigenvalue weighted by Crippen LogP contribution is -2.64. The molecule has 1 unspecified atom stereocenters. The van der Waals surface area contributed by atoms with Gasteiger partial charge in [-0.2, -0.15) is 0 Å². The maximum absolute atomic E-state index is 12.4. The summed E-state index contributed by atoms with van der Waals surface area (Å²) in [4.78, 5) is 14.9. The molecular formula is C23H35NO2. The molecule has 144 valence electrons. The molecular weight excluding hydrogens is 322 g/mol. The molecule has 2 bridgehead atoms. The van der Waals surface area contributed by atoms with Gasteiger partial charge in [0, 0.05) is 24.3 Å². The fourth-order valence-electron chi connectivity index (χ4n) is 5.44. The van der Waals surface area contributed by atoms with Crippen molar-refractivity contribution in [2.24, 2.45) is 5.41 Å². The molecule has 2 aliphatic rings. The molecule has 0 N–H and O–H groups in total. The molecule has 1 saturated heterocycles. The van der Waals surface area contributed by atoms with E-state index in [-0.39, 0.29) is 10.8 Å². The molecule has 3 atom stereocenters. The third kappa shape index (κ3) is 3.09. The van der Waals surface area contributed by atoms with Crippen LogP contribution in [-0.4, -0.2) is 37.4 Å². The molecule has 26 heavy (non-hydrogen) atoms. The number of rotatable bonds is 7. The van der Waals surface area contributed by atoms with E-state index in [2.05, 4.69) is 50.9 Å². The molecule has 3 nitrogen and oxygen atoms in total. The number of hydrogen-bond acceptors (Lipinski definition) is 3. The Morgan fingerprint density at radius 3 is 2.77 bits per heavy atom. The number of benzene rings is 1. The number of ether oxygens (including phenoxy) is 1. The molecule has 3 rings (SSSR count). The maximum atomic E-state index is 12.4. The highest BCUT2D eigenvalue weighted by Crippen LogP contribution is 2.58. The number of likely N-dealkylation sites (N-methyl/N-ethyl adjacent to an activating group) is 1. The third-order valence-corrected chi connectivity index (χ3v) is 7.55. The average Bonchev–Trinajstić information content (AvgIpc) is 2.64. The molecule has 1 heterocycles. The summed E-state index contributed by atoms with van der Waals surface area (Å²) in [5.74, 6) is 1.39. The van der Waals surface area contributed by atoms with Crippen LogP contribution in [0.4, 0.5) is 0 Å². The Labute approximate surface area is 159 Å². The normalized spacial score (nSPS) is 30.7. The Balaban J connectivity index is 1.94. The van der Waals surface area contributed by atoms with Crippen LogP contribution in [-0.2, 0) is 16.6 Å². The van der Waals surface area contributed by atoms with E-state index < -0.39 is 0 Å². The van der Waals surface area contributed by atoms with Crippen molar-refractivity contribution in [3.05, 3.63) is 29.3 Å². The molecule has 0 saturated carbocycles. The molecule has 1 aliphatic carbocycles. The van der Waals surface area contributed by atoms with E-state index in [1.807, 2.05) is 0 Å². The van der Waals surface area contributed by atoms with E-state index in [1.54, 1.807) is 7.11 Å². The molecule has 0 amide bonds. The number of nitrogens with zero attached hydrogens (tertiary/aromatic N) is 1. The molecule has 1 aromatic rings. The van der Waals surface area contributed by atoms with Gasteiger partial charge in [-0.1, -0.05) is 33.3 Å². The maximum Gasteiger partial charge on any atom is 0.132 e. The van der Waals surface area contributed by atoms with Crippen LogP contribution in [0.3, 0.4) is 0 Å². The Morgan fingerprint density at radius 2 is 2.08 bits per heavy atom. The third-order valence-electron chi connectivity index (χ3n) is 7.55. The van der Waals surface area contributed by atoms with Gasteiger partial charge in [0.15, 0.2) is 0 Å². The van der Waals surface area contributed by atoms with E-state index >= 15 is 0 Å². The molecule has 0 radical (unpaired) electrons. The van der Waals surface area contributed by atoms with E-state index in [0.717, 1.165) is 57.2 Å². The fraction of sp³-hybridized carbons (Fsp3) is 0.696. The van der Waals surface area contributed by atoms with Crippen LogP contribution >= 0.6 is 0 Å². The van der Waals surface area contributed by atoms with Crippen molar-refractivity contribution >= 4 is 5.78 Å². The highest BCUT2D eigenvalue weighted by molar-refractivity contribution is 5.78. The van der Waals surface area contributed by atoms with Gasteiger partial charge in [0.2, 0.25) is 0 Å². The number of carbonyl (C=O) groups excluding carboxylic acids is 1. The average molecular weight is 358 g/mol. The Hall–Kier alpha value is -1.35. The van der Waals surface area contributed by atoms with Crippen LogP contribution in [0.15, 0.2) is 18.2 Å². The molecule has 0 spiro atoms. The summed E-state index contributed by atoms with van der Waals surface area (Å²) < 4.78 is 5.53. The first-order chi connectivity index (χ1) is 12.4. The smallest absolute Gasteiger partial charge is 0.132 e. The minimum Gasteiger partial charge on any atom is -0.497 e. The fourth-order valence-corrected chi connectivity index (χ4v) is 5.44. The minimum atomic E-state index is 0.0946. The van der Waals surface area contributed by atoms with Gasteiger partial charge < -0.3 is 9.64 Å². The summed E-state index contributed by atoms with van der Waals surface area (Å²) in [7, 11) is 4.01. The molecule has 1 aliphatic heterocycles. The van der Waals surface area contributed by atoms with Gasteiger partial charge in [0.05, 0.1) is 7.11 Å². The number of likely N-dealkylation sites (tertiary alicyclic amines) is 1. The Morgan fingerprint density at radius 1 is 1.31 bits per heavy atom. The standard InChI is InChI=1S/C23H35NO2/c1-6-7-8-18(25)11-12-23(3)21-15-17-9-10-19(26-5)16-20(17)22(23,2)13-14-24(21)4/h9-10,16,21H,6-8,11-15H2,1-5H3/t21?,22-,23-/m1/s1. The van der Waals surface area contributed by atoms with Gasteiger partial charge in [-0.25, -0.2) is 0 Å². The summed E-state index contributed by atoms with van der Waals surface area (Å²) in [5.41, 5.74) is 3.11. The van der Waals surface area contributed by atoms with Crippen molar-refractivity contribution in [3.63, 3.8) is 0 Å². The number of carbonyl (C=O) groups is 1. The van der Waals surface area contributed by atoms with Crippen LogP contribution in [0.1, 0.15) is 70.4 Å². The first-order valence-electron chi connectivity index (χ1n) is 10.2. The number of fused-ring (bicyclic) bond motifs is 4. The summed E-state index contributed by atoms with van der Waals surface area (Å²) >= 11 is 0. The molecule has 1 fully saturated rings. The van der Waals surface area contributed by atoms with Gasteiger partial charge in [0.25, 0.3) is 0 Å². The van der Waals surface area contributed by atoms with Crippen molar-refractivity contribution in [3.8, 4) is 5.75 Å². The first kappa shape index (κ1) is 19.4. The molecule has 3 heteroatoms. The van der Waals surface area contributed by atoms with Crippen LogP contribution < -0.4 is 4.74 Å². The number of hydrogen-bond donors (Lipinski definition) is 0. The predicted octanol–water partition coefficient (Wildman–Crippen LogP) is 4.76. The second-order valence-corrected chi connectivity index (χ2v) is 8.87. The first-order valence-corrected chi connectivity index (χ1v) is 10.2. The largest absolute Gasteiger partial charge is 0.497 e. The minimum absolute atomic E-state index is 0.0946. The highest BCUT2D eigenvalue weighted by atomic mass is 16.5. The number of piperidine rings is 1. The lowest BCUT2D eigenvalue weighted by molar-refractivity contribution is -0.121. The second kappa shape index (κ2) is 7.34. The summed E-state index contributed by atoms with van der Waals surface area (Å²) in [6, 6.07) is 7.11. The zero-order valence-electron chi connectivity index (χ0n) is 17.2. The van der Waals surface area contributed by atoms with Gasteiger partial charge in [-0.3, -0.25) is 4.79 Å². The van der Waals surface area contributed by atoms with Crippen LogP contribution in [0.5, 0.6) is 5.75 Å². The van der Waals surface area contributed by atoms with Crippen LogP contribution in [0.25, 0.3) is 0 Å². The zero-order valence-corrected chi connectivity index (χ0v) is 17.2. The lowest BCUT2D eigenvalue weighted by atomic mass is 9.49. The van der Waals surface area contributed by atoms with Gasteiger partial charge >= 0.3 is 0 Å². The number of methoxy groups -OCH3 is 1. The highest BCUT2D eigenvalue weighted by Gasteiger charge is 2.57. The van der Waals surface area contributed by atoms with E-state index in [1.165, 1.54) is 11.1 Å². The van der Waals surface area contributed by atoms with Crippen LogP contribution in [0, 0.1) is 5.41 Å². The molecule has 0 aromatic heterocycles. The lowest BCUT2D eigenvalue weighted by Gasteiger charge is -2.62. The summed E-state index contributed by atoms with van der Waals surface area (Å²) in [6.45, 7) is 8.14. The van der Waals surface area contributed by atoms with E-state index in [9.17, 15) is 4.79 Å².